The van der Waals surface area contributed by atoms with E-state index < -0.39 is 5.97 Å². The van der Waals surface area contributed by atoms with Gasteiger partial charge in [-0.2, -0.15) is 0 Å². The van der Waals surface area contributed by atoms with Gasteiger partial charge in [0.15, 0.2) is 5.69 Å². The molecule has 0 saturated heterocycles. The Kier molecular flexibility index (Phi) is 2.87. The number of hydrogen-bond acceptors (Lipinski definition) is 4. The van der Waals surface area contributed by atoms with E-state index in [-0.39, 0.29) is 35.0 Å². The number of rotatable bonds is 4. The molecule has 0 unspecified atom stereocenters. The topological polar surface area (TPSA) is 97.1 Å². The molecule has 1 aliphatic rings. The maximum absolute atomic E-state index is 12.0. The van der Waals surface area contributed by atoms with Crippen LogP contribution in [0.2, 0.25) is 0 Å². The lowest BCUT2D eigenvalue weighted by Gasteiger charge is -2.03. The quantitative estimate of drug-likeness (QED) is 0.828. The summed E-state index contributed by atoms with van der Waals surface area (Å²) < 4.78 is 1.13. The molecule has 1 heterocycles. The monoisotopic (exact) mass is 266 g/mol. The third-order valence-electron chi connectivity index (χ3n) is 4.36. The van der Waals surface area contributed by atoms with Crippen LogP contribution >= 0.6 is 0 Å². The number of hydrogen-bond donors (Lipinski definition) is 2. The molecule has 1 amide bonds. The third kappa shape index (κ3) is 2.20. The minimum atomic E-state index is -1.03. The Morgan fingerprint density at radius 2 is 1.95 bits per heavy atom. The van der Waals surface area contributed by atoms with Gasteiger partial charge in [0.05, 0.1) is 6.20 Å². The molecule has 1 aromatic rings. The fraction of sp³-hybridized carbons (Fsp3) is 0.667. The van der Waals surface area contributed by atoms with Crippen LogP contribution in [0.3, 0.4) is 0 Å². The molecule has 0 aliphatic heterocycles. The van der Waals surface area contributed by atoms with E-state index in [2.05, 4.69) is 43.3 Å². The molecule has 0 aromatic carbocycles. The molecule has 2 N–H and O–H groups in total. The van der Waals surface area contributed by atoms with Crippen molar-refractivity contribution in [1.82, 2.24) is 20.3 Å². The highest BCUT2D eigenvalue weighted by atomic mass is 16.4. The predicted octanol–water partition coefficient (Wildman–Crippen LogP) is 0.527. The fourth-order valence-corrected chi connectivity index (χ4v) is 2.38. The van der Waals surface area contributed by atoms with E-state index in [1.165, 1.54) is 6.20 Å². The first-order valence-electron chi connectivity index (χ1n) is 6.09. The van der Waals surface area contributed by atoms with Crippen molar-refractivity contribution in [3.63, 3.8) is 0 Å². The predicted molar refractivity (Wildman–Crippen MR) is 66.5 cm³/mol. The maximum atomic E-state index is 12.0. The molecule has 1 fully saturated rings. The SMILES string of the molecule is CC1(C)C(NC(=O)c2cn(CC(=O)O)nn2)C1(C)C. The number of carboxylic acids is 1. The Labute approximate surface area is 111 Å². The smallest absolute Gasteiger partial charge is 0.325 e. The Morgan fingerprint density at radius 3 is 2.42 bits per heavy atom. The van der Waals surface area contributed by atoms with Crippen molar-refractivity contribution in [2.45, 2.75) is 40.3 Å². The van der Waals surface area contributed by atoms with Gasteiger partial charge in [0.2, 0.25) is 0 Å². The zero-order chi connectivity index (χ0) is 14.4. The van der Waals surface area contributed by atoms with Crippen LogP contribution < -0.4 is 5.32 Å². The van der Waals surface area contributed by atoms with Gasteiger partial charge < -0.3 is 10.4 Å². The number of carboxylic acid groups (broad SMARTS) is 1. The summed E-state index contributed by atoms with van der Waals surface area (Å²) in [4.78, 5) is 22.5. The van der Waals surface area contributed by atoms with Gasteiger partial charge in [0, 0.05) is 6.04 Å². The van der Waals surface area contributed by atoms with Crippen molar-refractivity contribution in [2.24, 2.45) is 10.8 Å². The van der Waals surface area contributed by atoms with E-state index in [0.717, 1.165) is 4.68 Å². The van der Waals surface area contributed by atoms with Crippen molar-refractivity contribution >= 4 is 11.9 Å². The lowest BCUT2D eigenvalue weighted by atomic mass is 10.0. The lowest BCUT2D eigenvalue weighted by Crippen LogP contribution is -2.30. The third-order valence-corrected chi connectivity index (χ3v) is 4.36. The standard InChI is InChI=1S/C12H18N4O3/c1-11(2)10(12(11,3)4)13-9(19)7-5-16(15-14-7)6-8(17)18/h5,10H,6H2,1-4H3,(H,13,19)(H,17,18). The van der Waals surface area contributed by atoms with Gasteiger partial charge in [0.1, 0.15) is 6.54 Å². The molecule has 0 bridgehead atoms. The molecule has 1 saturated carbocycles. The number of amides is 1. The van der Waals surface area contributed by atoms with Gasteiger partial charge in [-0.3, -0.25) is 9.59 Å². The lowest BCUT2D eigenvalue weighted by molar-refractivity contribution is -0.137. The molecule has 7 nitrogen and oxygen atoms in total. The fourth-order valence-electron chi connectivity index (χ4n) is 2.38. The van der Waals surface area contributed by atoms with E-state index in [4.69, 9.17) is 5.11 Å². The highest BCUT2D eigenvalue weighted by Crippen LogP contribution is 2.62. The summed E-state index contributed by atoms with van der Waals surface area (Å²) in [5.41, 5.74) is 0.221. The molecule has 0 radical (unpaired) electrons. The van der Waals surface area contributed by atoms with E-state index in [1.807, 2.05) is 0 Å². The number of carbonyl (C=O) groups excluding carboxylic acids is 1. The average Bonchev–Trinajstić information content (AvgIpc) is 2.68. The van der Waals surface area contributed by atoms with Gasteiger partial charge >= 0.3 is 5.97 Å². The van der Waals surface area contributed by atoms with E-state index in [0.29, 0.717) is 0 Å². The summed E-state index contributed by atoms with van der Waals surface area (Å²) in [6, 6.07) is 0.0807. The van der Waals surface area contributed by atoms with E-state index in [1.54, 1.807) is 0 Å². The Balaban J connectivity index is 2.02. The summed E-state index contributed by atoms with van der Waals surface area (Å²) in [5, 5.41) is 18.8. The molecule has 2 rings (SSSR count). The highest BCUT2D eigenvalue weighted by Gasteiger charge is 2.65. The second kappa shape index (κ2) is 4.04. The number of nitrogens with zero attached hydrogens (tertiary/aromatic N) is 3. The number of aliphatic carboxylic acids is 1. The molecular weight excluding hydrogens is 248 g/mol. The van der Waals surface area contributed by atoms with Crippen LogP contribution in [0.4, 0.5) is 0 Å². The van der Waals surface area contributed by atoms with Gasteiger partial charge in [-0.1, -0.05) is 32.9 Å². The maximum Gasteiger partial charge on any atom is 0.325 e. The number of aromatic nitrogens is 3. The first-order valence-corrected chi connectivity index (χ1v) is 6.09. The van der Waals surface area contributed by atoms with Gasteiger partial charge in [0.25, 0.3) is 5.91 Å². The number of carbonyl (C=O) groups is 2. The normalized spacial score (nSPS) is 20.0. The van der Waals surface area contributed by atoms with E-state index >= 15 is 0 Å². The first kappa shape index (κ1) is 13.5. The molecule has 1 aromatic heterocycles. The second-order valence-electron chi connectivity index (χ2n) is 6.04. The largest absolute Gasteiger partial charge is 0.480 e. The number of nitrogens with one attached hydrogen (secondary N) is 1. The zero-order valence-electron chi connectivity index (χ0n) is 11.5. The van der Waals surface area contributed by atoms with Crippen molar-refractivity contribution in [1.29, 1.82) is 0 Å². The summed E-state index contributed by atoms with van der Waals surface area (Å²) in [5.74, 6) is -1.35. The van der Waals surface area contributed by atoms with Crippen molar-refractivity contribution < 1.29 is 14.7 Å². The van der Waals surface area contributed by atoms with Gasteiger partial charge in [-0.05, 0) is 10.8 Å². The minimum Gasteiger partial charge on any atom is -0.480 e. The van der Waals surface area contributed by atoms with E-state index in [9.17, 15) is 9.59 Å². The van der Waals surface area contributed by atoms with Gasteiger partial charge in [-0.25, -0.2) is 4.68 Å². The minimum absolute atomic E-state index is 0.0414. The van der Waals surface area contributed by atoms with Crippen molar-refractivity contribution in [2.75, 3.05) is 0 Å². The van der Waals surface area contributed by atoms with Crippen molar-refractivity contribution in [3.05, 3.63) is 11.9 Å². The molecule has 1 aliphatic carbocycles. The van der Waals surface area contributed by atoms with Crippen LogP contribution in [0.25, 0.3) is 0 Å². The summed E-state index contributed by atoms with van der Waals surface area (Å²) in [6.45, 7) is 8.08. The average molecular weight is 266 g/mol. The van der Waals surface area contributed by atoms with Crippen LogP contribution in [0, 0.1) is 10.8 Å². The van der Waals surface area contributed by atoms with Gasteiger partial charge in [-0.15, -0.1) is 5.10 Å². The van der Waals surface area contributed by atoms with Crippen LogP contribution in [0.1, 0.15) is 38.2 Å². The molecule has 0 atom stereocenters. The Bertz CT molecular complexity index is 519. The summed E-state index contributed by atoms with van der Waals surface area (Å²) in [6.07, 6.45) is 1.34. The molecular formula is C12H18N4O3. The first-order chi connectivity index (χ1) is 8.66. The molecule has 0 spiro atoms. The highest BCUT2D eigenvalue weighted by molar-refractivity contribution is 5.92. The molecule has 104 valence electrons. The van der Waals surface area contributed by atoms with Crippen LogP contribution in [-0.4, -0.2) is 38.0 Å². The van der Waals surface area contributed by atoms with Crippen LogP contribution in [0.15, 0.2) is 6.20 Å². The Hall–Kier alpha value is -1.92. The summed E-state index contributed by atoms with van der Waals surface area (Å²) >= 11 is 0. The summed E-state index contributed by atoms with van der Waals surface area (Å²) in [7, 11) is 0. The van der Waals surface area contributed by atoms with Crippen LogP contribution in [-0.2, 0) is 11.3 Å². The van der Waals surface area contributed by atoms with Crippen LogP contribution in [0.5, 0.6) is 0 Å². The molecule has 19 heavy (non-hydrogen) atoms. The molecule has 7 heteroatoms. The zero-order valence-corrected chi connectivity index (χ0v) is 11.5. The van der Waals surface area contributed by atoms with Crippen molar-refractivity contribution in [3.8, 4) is 0 Å². The second-order valence-corrected chi connectivity index (χ2v) is 6.04. The Morgan fingerprint density at radius 1 is 1.37 bits per heavy atom.